The lowest BCUT2D eigenvalue weighted by Gasteiger charge is -2.66. The number of rotatable bonds is 12. The molecule has 5 nitrogen and oxygen atoms in total. The second-order valence-electron chi connectivity index (χ2n) is 21.4. The molecule has 0 spiro atoms. The quantitative estimate of drug-likeness (QED) is 0.187. The first-order chi connectivity index (χ1) is 20.6. The van der Waals surface area contributed by atoms with E-state index in [1.807, 2.05) is 0 Å². The van der Waals surface area contributed by atoms with E-state index in [0.29, 0.717) is 35.9 Å². The summed E-state index contributed by atoms with van der Waals surface area (Å²) >= 11 is 0. The minimum atomic E-state index is -1.97. The fraction of sp³-hybridized carbons (Fsp3) is 1.00. The molecule has 0 saturated heterocycles. The molecule has 4 rings (SSSR count). The normalized spacial score (nSPS) is 39.8. The van der Waals surface area contributed by atoms with E-state index < -0.39 is 41.6 Å². The van der Waals surface area contributed by atoms with Crippen molar-refractivity contribution in [3.05, 3.63) is 0 Å². The van der Waals surface area contributed by atoms with E-state index in [0.717, 1.165) is 18.8 Å². The van der Waals surface area contributed by atoms with Crippen LogP contribution in [-0.2, 0) is 22.1 Å². The molecule has 0 unspecified atom stereocenters. The first kappa shape index (κ1) is 39.7. The Kier molecular flexibility index (Phi) is 11.3. The van der Waals surface area contributed by atoms with Gasteiger partial charge in [0.25, 0.3) is 0 Å². The minimum absolute atomic E-state index is 0.0206. The number of hydrogen-bond acceptors (Lipinski definition) is 5. The first-order valence-electron chi connectivity index (χ1n) is 19.0. The third-order valence-corrected chi connectivity index (χ3v) is 17.0. The Labute approximate surface area is 291 Å². The van der Waals surface area contributed by atoms with Crippen molar-refractivity contribution in [2.45, 2.75) is 187 Å². The lowest BCUT2D eigenvalue weighted by molar-refractivity contribution is -0.212. The van der Waals surface area contributed by atoms with Gasteiger partial charge in [-0.05, 0) is 179 Å². The molecule has 0 bridgehead atoms. The lowest BCUT2D eigenvalue weighted by Crippen LogP contribution is -2.68. The van der Waals surface area contributed by atoms with Crippen LogP contribution in [0.2, 0.25) is 98.2 Å². The summed E-state index contributed by atoms with van der Waals surface area (Å²) in [4.78, 5) is 0. The Morgan fingerprint density at radius 3 is 1.78 bits per heavy atom. The van der Waals surface area contributed by atoms with Crippen molar-refractivity contribution >= 4 is 41.6 Å². The molecular formula is C36H76O5Si5. The van der Waals surface area contributed by atoms with Gasteiger partial charge in [-0.3, -0.25) is 0 Å². The van der Waals surface area contributed by atoms with Crippen molar-refractivity contribution < 1.29 is 22.1 Å². The molecule has 46 heavy (non-hydrogen) atoms. The van der Waals surface area contributed by atoms with Crippen LogP contribution in [0.3, 0.4) is 0 Å². The fourth-order valence-electron chi connectivity index (χ4n) is 10.8. The molecule has 0 N–H and O–H groups in total. The topological polar surface area (TPSA) is 46.2 Å². The predicted molar refractivity (Wildman–Crippen MR) is 208 cm³/mol. The van der Waals surface area contributed by atoms with E-state index in [1.165, 1.54) is 38.5 Å². The smallest absolute Gasteiger partial charge is 0.184 e. The molecule has 4 aliphatic rings. The van der Waals surface area contributed by atoms with Gasteiger partial charge in [0.2, 0.25) is 0 Å². The lowest BCUT2D eigenvalue weighted by atomic mass is 9.43. The van der Waals surface area contributed by atoms with Crippen molar-refractivity contribution in [3.8, 4) is 0 Å². The highest BCUT2D eigenvalue weighted by Crippen LogP contribution is 2.70. The van der Waals surface area contributed by atoms with Gasteiger partial charge < -0.3 is 22.1 Å². The molecule has 0 amide bonds. The Balaban J connectivity index is 1.80. The van der Waals surface area contributed by atoms with Crippen LogP contribution in [0.5, 0.6) is 0 Å². The summed E-state index contributed by atoms with van der Waals surface area (Å²) in [6, 6.07) is 0. The summed E-state index contributed by atoms with van der Waals surface area (Å²) in [5.41, 5.74) is -0.0597. The maximum absolute atomic E-state index is 7.70. The average Bonchev–Trinajstić information content (AvgIpc) is 3.09. The Bertz CT molecular complexity index is 1060. The van der Waals surface area contributed by atoms with E-state index in [-0.39, 0.29) is 23.2 Å². The minimum Gasteiger partial charge on any atom is -0.415 e. The second-order valence-corrected chi connectivity index (χ2v) is 43.7. The number of hydrogen-bond donors (Lipinski definition) is 0. The monoisotopic (exact) mass is 728 g/mol. The van der Waals surface area contributed by atoms with Crippen LogP contribution in [0.15, 0.2) is 0 Å². The maximum Gasteiger partial charge on any atom is 0.184 e. The van der Waals surface area contributed by atoms with E-state index in [9.17, 15) is 0 Å². The van der Waals surface area contributed by atoms with Crippen molar-refractivity contribution in [2.24, 2.45) is 34.5 Å². The van der Waals surface area contributed by atoms with Gasteiger partial charge in [0, 0.05) is 17.6 Å². The molecule has 0 aromatic rings. The average molecular weight is 729 g/mol. The second kappa shape index (κ2) is 13.1. The van der Waals surface area contributed by atoms with Crippen LogP contribution in [0.1, 0.15) is 65.2 Å². The molecule has 0 radical (unpaired) electrons. The molecule has 0 heterocycles. The highest BCUT2D eigenvalue weighted by molar-refractivity contribution is 6.71. The molecule has 10 heteroatoms. The number of fused-ring (bicyclic) bond motifs is 5. The largest absolute Gasteiger partial charge is 0.415 e. The van der Waals surface area contributed by atoms with E-state index in [1.54, 1.807) is 0 Å². The van der Waals surface area contributed by atoms with Gasteiger partial charge in [0.15, 0.2) is 41.6 Å². The van der Waals surface area contributed by atoms with Gasteiger partial charge in [-0.2, -0.15) is 0 Å². The van der Waals surface area contributed by atoms with Crippen molar-refractivity contribution in [1.82, 2.24) is 0 Å². The van der Waals surface area contributed by atoms with Gasteiger partial charge in [0.05, 0.1) is 18.3 Å². The molecule has 0 aromatic carbocycles. The fourth-order valence-corrected chi connectivity index (χ4v) is 16.5. The first-order valence-corrected chi connectivity index (χ1v) is 36.0. The molecule has 10 atom stereocenters. The van der Waals surface area contributed by atoms with E-state index in [4.69, 9.17) is 22.1 Å². The van der Waals surface area contributed by atoms with Crippen LogP contribution < -0.4 is 0 Å². The van der Waals surface area contributed by atoms with Crippen molar-refractivity contribution in [1.29, 1.82) is 0 Å². The van der Waals surface area contributed by atoms with Crippen molar-refractivity contribution in [3.63, 3.8) is 0 Å². The standard InChI is InChI=1S/C36H76O5Si5/c1-34-22-20-28(38-43(6,7)8)24-27(34)18-19-29-30-21-23-36(41-46(15,16)17,32(40-45(12,13)14)26-37-42(3,4)5)35(30,2)25-31(33(29)34)39-44(9,10)11/h27-33H,18-26H2,1-17H3/t27-,28-,29+,30+,31+,32-,33-,34+,35+,36+/m1/s1. The summed E-state index contributed by atoms with van der Waals surface area (Å²) in [5, 5.41) is 0. The van der Waals surface area contributed by atoms with Gasteiger partial charge >= 0.3 is 0 Å². The summed E-state index contributed by atoms with van der Waals surface area (Å²) in [7, 11) is -9.03. The zero-order valence-electron chi connectivity index (χ0n) is 33.4. The molecule has 4 saturated carbocycles. The third-order valence-electron chi connectivity index (χ3n) is 11.9. The van der Waals surface area contributed by atoms with Crippen LogP contribution in [0.25, 0.3) is 0 Å². The van der Waals surface area contributed by atoms with Crippen LogP contribution in [-0.4, -0.2) is 72.1 Å². The Morgan fingerprint density at radius 1 is 0.652 bits per heavy atom. The predicted octanol–water partition coefficient (Wildman–Crippen LogP) is 10.7. The Morgan fingerprint density at radius 2 is 1.26 bits per heavy atom. The van der Waals surface area contributed by atoms with Gasteiger partial charge in [-0.25, -0.2) is 0 Å². The highest BCUT2D eigenvalue weighted by Gasteiger charge is 2.71. The third kappa shape index (κ3) is 8.84. The van der Waals surface area contributed by atoms with Gasteiger partial charge in [-0.1, -0.05) is 13.8 Å². The molecular weight excluding hydrogens is 653 g/mol. The molecule has 4 fully saturated rings. The van der Waals surface area contributed by atoms with Gasteiger partial charge in [-0.15, -0.1) is 0 Å². The summed E-state index contributed by atoms with van der Waals surface area (Å²) < 4.78 is 36.0. The highest BCUT2D eigenvalue weighted by atomic mass is 28.4. The zero-order chi connectivity index (χ0) is 34.9. The zero-order valence-corrected chi connectivity index (χ0v) is 38.4. The molecule has 4 aliphatic carbocycles. The van der Waals surface area contributed by atoms with Crippen LogP contribution in [0, 0.1) is 34.5 Å². The molecule has 270 valence electrons. The summed E-state index contributed by atoms with van der Waals surface area (Å²) in [5.74, 6) is 2.65. The SMILES string of the molecule is C[C@]12CC[C@@H](O[Si](C)(C)C)C[C@H]1CC[C@@H]1[C@@H]2[C@@H](O[Si](C)(C)C)C[C@@]2(C)[C@H]1CC[C@]2(O[Si](C)(C)C)[C@@H](CO[Si](C)(C)C)O[Si](C)(C)C. The van der Waals surface area contributed by atoms with Gasteiger partial charge in [0.1, 0.15) is 0 Å². The van der Waals surface area contributed by atoms with Crippen LogP contribution in [0.4, 0.5) is 0 Å². The summed E-state index contributed by atoms with van der Waals surface area (Å²) in [6.07, 6.45) is 10.5. The summed E-state index contributed by atoms with van der Waals surface area (Å²) in [6.45, 7) is 41.5. The molecule has 0 aromatic heterocycles. The maximum atomic E-state index is 7.70. The van der Waals surface area contributed by atoms with Crippen molar-refractivity contribution in [2.75, 3.05) is 6.61 Å². The van der Waals surface area contributed by atoms with E-state index in [2.05, 4.69) is 112 Å². The Hall–Kier alpha value is 0.884. The van der Waals surface area contributed by atoms with Crippen LogP contribution >= 0.6 is 0 Å². The van der Waals surface area contributed by atoms with E-state index >= 15 is 0 Å². The molecule has 0 aliphatic heterocycles.